The van der Waals surface area contributed by atoms with Crippen molar-refractivity contribution in [1.82, 2.24) is 10.5 Å². The molecule has 1 heterocycles. The number of rotatable bonds is 5. The molecule has 0 aliphatic carbocycles. The van der Waals surface area contributed by atoms with E-state index in [1.165, 1.54) is 6.20 Å². The zero-order valence-corrected chi connectivity index (χ0v) is 10.9. The lowest BCUT2D eigenvalue weighted by molar-refractivity contribution is 0.00330. The van der Waals surface area contributed by atoms with Crippen molar-refractivity contribution in [1.29, 1.82) is 0 Å². The van der Waals surface area contributed by atoms with Crippen molar-refractivity contribution in [2.24, 2.45) is 0 Å². The van der Waals surface area contributed by atoms with Crippen LogP contribution in [-0.4, -0.2) is 34.9 Å². The maximum Gasteiger partial charge on any atom is 0.276 e. The second kappa shape index (κ2) is 6.32. The highest BCUT2D eigenvalue weighted by Crippen LogP contribution is 2.07. The highest BCUT2D eigenvalue weighted by atomic mass is 16.5. The quantitative estimate of drug-likeness (QED) is 0.420. The SMILES string of the molecule is CC(C)(C)OCCNc1ccc(C(=O)NO)cn1. The summed E-state index contributed by atoms with van der Waals surface area (Å²) in [5.74, 6) is 0.0760. The van der Waals surface area contributed by atoms with Gasteiger partial charge in [-0.3, -0.25) is 10.0 Å². The van der Waals surface area contributed by atoms with Gasteiger partial charge in [0, 0.05) is 12.7 Å². The molecule has 0 bridgehead atoms. The van der Waals surface area contributed by atoms with Crippen molar-refractivity contribution in [2.45, 2.75) is 26.4 Å². The monoisotopic (exact) mass is 253 g/mol. The number of aromatic nitrogens is 1. The fourth-order valence-electron chi connectivity index (χ4n) is 1.23. The van der Waals surface area contributed by atoms with Crippen LogP contribution >= 0.6 is 0 Å². The molecule has 3 N–H and O–H groups in total. The van der Waals surface area contributed by atoms with Gasteiger partial charge in [-0.1, -0.05) is 0 Å². The van der Waals surface area contributed by atoms with Crippen molar-refractivity contribution in [3.8, 4) is 0 Å². The first kappa shape index (κ1) is 14.4. The summed E-state index contributed by atoms with van der Waals surface area (Å²) in [4.78, 5) is 15.1. The maximum absolute atomic E-state index is 11.1. The Morgan fingerprint density at radius 1 is 1.44 bits per heavy atom. The molecule has 0 fully saturated rings. The fraction of sp³-hybridized carbons (Fsp3) is 0.500. The van der Waals surface area contributed by atoms with Crippen LogP contribution in [0.15, 0.2) is 18.3 Å². The van der Waals surface area contributed by atoms with Gasteiger partial charge in [-0.15, -0.1) is 0 Å². The predicted octanol–water partition coefficient (Wildman–Crippen LogP) is 1.43. The summed E-state index contributed by atoms with van der Waals surface area (Å²) in [6, 6.07) is 3.24. The van der Waals surface area contributed by atoms with E-state index in [-0.39, 0.29) is 5.60 Å². The lowest BCUT2D eigenvalue weighted by Crippen LogP contribution is -2.23. The largest absolute Gasteiger partial charge is 0.374 e. The molecule has 0 atom stereocenters. The Morgan fingerprint density at radius 2 is 2.17 bits per heavy atom. The van der Waals surface area contributed by atoms with Gasteiger partial charge in [0.25, 0.3) is 5.91 Å². The molecular weight excluding hydrogens is 234 g/mol. The molecule has 18 heavy (non-hydrogen) atoms. The summed E-state index contributed by atoms with van der Waals surface area (Å²) < 4.78 is 5.54. The van der Waals surface area contributed by atoms with Crippen LogP contribution in [0.5, 0.6) is 0 Å². The summed E-state index contributed by atoms with van der Waals surface area (Å²) in [5.41, 5.74) is 1.70. The van der Waals surface area contributed by atoms with Gasteiger partial charge in [-0.05, 0) is 32.9 Å². The molecule has 0 unspecified atom stereocenters. The Balaban J connectivity index is 2.38. The van der Waals surface area contributed by atoms with Gasteiger partial charge in [-0.2, -0.15) is 0 Å². The van der Waals surface area contributed by atoms with Crippen molar-refractivity contribution in [2.75, 3.05) is 18.5 Å². The molecule has 0 aliphatic heterocycles. The Bertz CT molecular complexity index is 385. The average molecular weight is 253 g/mol. The highest BCUT2D eigenvalue weighted by molar-refractivity contribution is 5.93. The van der Waals surface area contributed by atoms with Gasteiger partial charge in [0.1, 0.15) is 5.82 Å². The number of carbonyl (C=O) groups excluding carboxylic acids is 1. The Morgan fingerprint density at radius 3 is 2.67 bits per heavy atom. The molecular formula is C12H19N3O3. The third-order valence-electron chi connectivity index (χ3n) is 2.07. The summed E-state index contributed by atoms with van der Waals surface area (Å²) in [5, 5.41) is 11.5. The molecule has 0 radical (unpaired) electrons. The topological polar surface area (TPSA) is 83.5 Å². The van der Waals surface area contributed by atoms with E-state index in [4.69, 9.17) is 9.94 Å². The van der Waals surface area contributed by atoms with E-state index in [2.05, 4.69) is 10.3 Å². The zero-order chi connectivity index (χ0) is 13.6. The van der Waals surface area contributed by atoms with Crippen molar-refractivity contribution < 1.29 is 14.7 Å². The molecule has 0 saturated carbocycles. The number of hydrogen-bond acceptors (Lipinski definition) is 5. The molecule has 1 aromatic rings. The van der Waals surface area contributed by atoms with Crippen LogP contribution in [0.3, 0.4) is 0 Å². The summed E-state index contributed by atoms with van der Waals surface area (Å²) in [6.07, 6.45) is 1.39. The van der Waals surface area contributed by atoms with Gasteiger partial charge in [0.15, 0.2) is 0 Å². The molecule has 0 aliphatic rings. The minimum Gasteiger partial charge on any atom is -0.374 e. The van der Waals surface area contributed by atoms with Crippen molar-refractivity contribution in [3.05, 3.63) is 23.9 Å². The van der Waals surface area contributed by atoms with E-state index in [0.717, 1.165) is 0 Å². The number of pyridine rings is 1. The standard InChI is InChI=1S/C12H19N3O3/c1-12(2,3)18-7-6-13-10-5-4-9(8-14-10)11(16)15-17/h4-5,8,17H,6-7H2,1-3H3,(H,13,14)(H,15,16). The summed E-state index contributed by atoms with van der Waals surface area (Å²) in [6.45, 7) is 7.19. The number of anilines is 1. The molecule has 1 amide bonds. The van der Waals surface area contributed by atoms with E-state index >= 15 is 0 Å². The normalized spacial score (nSPS) is 11.1. The molecule has 0 aromatic carbocycles. The summed E-state index contributed by atoms with van der Waals surface area (Å²) >= 11 is 0. The smallest absolute Gasteiger partial charge is 0.276 e. The first-order valence-corrected chi connectivity index (χ1v) is 5.71. The second-order valence-electron chi connectivity index (χ2n) is 4.76. The van der Waals surface area contributed by atoms with Gasteiger partial charge >= 0.3 is 0 Å². The Hall–Kier alpha value is -1.66. The molecule has 1 rings (SSSR count). The summed E-state index contributed by atoms with van der Waals surface area (Å²) in [7, 11) is 0. The fourth-order valence-corrected chi connectivity index (χ4v) is 1.23. The minimum absolute atomic E-state index is 0.155. The van der Waals surface area contributed by atoms with Crippen molar-refractivity contribution in [3.63, 3.8) is 0 Å². The minimum atomic E-state index is -0.579. The molecule has 0 spiro atoms. The van der Waals surface area contributed by atoms with E-state index < -0.39 is 5.91 Å². The maximum atomic E-state index is 11.1. The van der Waals surface area contributed by atoms with Gasteiger partial charge in [-0.25, -0.2) is 10.5 Å². The highest BCUT2D eigenvalue weighted by Gasteiger charge is 2.09. The Kier molecular flexibility index (Phi) is 5.06. The van der Waals surface area contributed by atoms with Gasteiger partial charge in [0.2, 0.25) is 0 Å². The van der Waals surface area contributed by atoms with Crippen LogP contribution in [0.1, 0.15) is 31.1 Å². The first-order valence-electron chi connectivity index (χ1n) is 5.71. The van der Waals surface area contributed by atoms with E-state index in [9.17, 15) is 4.79 Å². The lowest BCUT2D eigenvalue weighted by atomic mass is 10.2. The van der Waals surface area contributed by atoms with Crippen LogP contribution in [0.2, 0.25) is 0 Å². The number of amides is 1. The van der Waals surface area contributed by atoms with Gasteiger partial charge in [0.05, 0.1) is 17.8 Å². The lowest BCUT2D eigenvalue weighted by Gasteiger charge is -2.19. The molecule has 6 heteroatoms. The van der Waals surface area contributed by atoms with Crippen LogP contribution in [0.25, 0.3) is 0 Å². The molecule has 0 saturated heterocycles. The number of carbonyl (C=O) groups is 1. The predicted molar refractivity (Wildman–Crippen MR) is 67.7 cm³/mol. The number of nitrogens with zero attached hydrogens (tertiary/aromatic N) is 1. The Labute approximate surface area is 106 Å². The van der Waals surface area contributed by atoms with Crippen LogP contribution in [-0.2, 0) is 4.74 Å². The van der Waals surface area contributed by atoms with Crippen molar-refractivity contribution >= 4 is 11.7 Å². The molecule has 100 valence electrons. The van der Waals surface area contributed by atoms with E-state index in [0.29, 0.717) is 24.5 Å². The second-order valence-corrected chi connectivity index (χ2v) is 4.76. The number of ether oxygens (including phenoxy) is 1. The molecule has 6 nitrogen and oxygen atoms in total. The first-order chi connectivity index (χ1) is 8.42. The van der Waals surface area contributed by atoms with Crippen LogP contribution in [0, 0.1) is 0 Å². The third-order valence-corrected chi connectivity index (χ3v) is 2.07. The number of nitrogens with one attached hydrogen (secondary N) is 2. The zero-order valence-electron chi connectivity index (χ0n) is 10.9. The number of hydrogen-bond donors (Lipinski definition) is 3. The average Bonchev–Trinajstić information content (AvgIpc) is 2.33. The van der Waals surface area contributed by atoms with Gasteiger partial charge < -0.3 is 10.1 Å². The third kappa shape index (κ3) is 5.11. The number of hydroxylamine groups is 1. The van der Waals surface area contributed by atoms with Crippen LogP contribution < -0.4 is 10.8 Å². The van der Waals surface area contributed by atoms with E-state index in [1.807, 2.05) is 20.8 Å². The van der Waals surface area contributed by atoms with Crippen LogP contribution in [0.4, 0.5) is 5.82 Å². The molecule has 1 aromatic heterocycles. The van der Waals surface area contributed by atoms with E-state index in [1.54, 1.807) is 17.6 Å².